The Morgan fingerprint density at radius 3 is 2.29 bits per heavy atom. The van der Waals surface area contributed by atoms with Gasteiger partial charge in [-0.1, -0.05) is 0 Å². The van der Waals surface area contributed by atoms with Gasteiger partial charge >= 0.3 is 214 Å². The maximum atomic E-state index is 13.3. The number of carbonyl (C=O) groups excluding carboxylic acids is 2. The van der Waals surface area contributed by atoms with E-state index < -0.39 is 0 Å². The summed E-state index contributed by atoms with van der Waals surface area (Å²) in [6.07, 6.45) is 1.78. The molecular formula is C29H16N2O2SSe. The fourth-order valence-electron chi connectivity index (χ4n) is 4.55. The van der Waals surface area contributed by atoms with Gasteiger partial charge in [0.1, 0.15) is 0 Å². The van der Waals surface area contributed by atoms with Crippen molar-refractivity contribution in [3.63, 3.8) is 0 Å². The Hall–Kier alpha value is -3.70. The van der Waals surface area contributed by atoms with Gasteiger partial charge in [-0.2, -0.15) is 0 Å². The summed E-state index contributed by atoms with van der Waals surface area (Å²) >= 11 is 1.41. The van der Waals surface area contributed by atoms with E-state index in [1.54, 1.807) is 30.1 Å². The van der Waals surface area contributed by atoms with Gasteiger partial charge in [-0.25, -0.2) is 0 Å². The van der Waals surface area contributed by atoms with Crippen LogP contribution in [0.2, 0.25) is 0 Å². The quantitative estimate of drug-likeness (QED) is 0.140. The molecule has 0 saturated heterocycles. The second-order valence-corrected chi connectivity index (χ2v) is 11.6. The molecule has 3 heterocycles. The summed E-state index contributed by atoms with van der Waals surface area (Å²) in [5, 5.41) is 1.82. The maximum absolute atomic E-state index is 13.3. The van der Waals surface area contributed by atoms with E-state index in [1.165, 1.54) is 0 Å². The van der Waals surface area contributed by atoms with Crippen LogP contribution in [0.3, 0.4) is 0 Å². The monoisotopic (exact) mass is 537 g/mol. The third kappa shape index (κ3) is 3.26. The van der Waals surface area contributed by atoms with Gasteiger partial charge in [0.15, 0.2) is 0 Å². The van der Waals surface area contributed by atoms with Crippen molar-refractivity contribution >= 4 is 70.7 Å². The number of pyridine rings is 1. The molecule has 2 aromatic heterocycles. The summed E-state index contributed by atoms with van der Waals surface area (Å²) in [5.74, 6) is 0.139. The Bertz CT molecular complexity index is 1690. The molecule has 0 saturated carbocycles. The number of rotatable bonds is 2. The number of para-hydroxylation sites is 1. The van der Waals surface area contributed by atoms with E-state index >= 15 is 0 Å². The van der Waals surface area contributed by atoms with E-state index in [4.69, 9.17) is 1.37 Å². The van der Waals surface area contributed by atoms with E-state index in [-0.39, 0.29) is 37.7 Å². The number of nitrogens with zero attached hydrogens (tertiary/aromatic N) is 2. The molecule has 35 heavy (non-hydrogen) atoms. The Morgan fingerprint density at radius 2 is 1.51 bits per heavy atom. The van der Waals surface area contributed by atoms with Crippen LogP contribution in [-0.2, 0) is 0 Å². The van der Waals surface area contributed by atoms with Crippen molar-refractivity contribution in [3.8, 4) is 0 Å². The van der Waals surface area contributed by atoms with Gasteiger partial charge in [0.2, 0.25) is 0 Å². The van der Waals surface area contributed by atoms with E-state index in [2.05, 4.69) is 28.1 Å². The number of aromatic nitrogens is 1. The van der Waals surface area contributed by atoms with Crippen LogP contribution in [0.15, 0.2) is 106 Å². The fourth-order valence-corrected chi connectivity index (χ4v) is 7.53. The van der Waals surface area contributed by atoms with Crippen LogP contribution >= 0.6 is 11.8 Å². The summed E-state index contributed by atoms with van der Waals surface area (Å²) in [6.45, 7) is 0. The van der Waals surface area contributed by atoms with Crippen molar-refractivity contribution in [2.45, 2.75) is 9.79 Å². The molecule has 5 aromatic rings. The topological polar surface area (TPSA) is 50.3 Å². The van der Waals surface area contributed by atoms with Crippen LogP contribution in [0.1, 0.15) is 26.5 Å². The van der Waals surface area contributed by atoms with Gasteiger partial charge in [0, 0.05) is 0 Å². The van der Waals surface area contributed by atoms with E-state index in [9.17, 15) is 9.59 Å². The van der Waals surface area contributed by atoms with Gasteiger partial charge in [0.25, 0.3) is 0 Å². The number of allylic oxidation sites excluding steroid dienone is 1. The first kappa shape index (κ1) is 19.6. The molecule has 3 aromatic carbocycles. The molecule has 0 N–H and O–H groups in total. The standard InChI is InChI=1S/C29H16N2O2SSe/c32-27-20-14-17-6-1-2-7-18(17)15-21(20)28(33)22(27)16-19-11-12-26(35-19)31-23-8-3-4-9-24(23)34-25-10-5-13-30-29(25)31/h1-16H/i16D. The molecule has 0 fully saturated rings. The average molecular weight is 536 g/mol. The normalized spacial score (nSPS) is 14.6. The first-order chi connectivity index (χ1) is 17.6. The van der Waals surface area contributed by atoms with Gasteiger partial charge in [0.05, 0.1) is 0 Å². The minimum atomic E-state index is -0.359. The van der Waals surface area contributed by atoms with Crippen LogP contribution < -0.4 is 4.90 Å². The molecular weight excluding hydrogens is 519 g/mol. The van der Waals surface area contributed by atoms with Gasteiger partial charge in [-0.05, 0) is 0 Å². The average Bonchev–Trinajstić information content (AvgIpc) is 3.49. The molecule has 2 aliphatic rings. The van der Waals surface area contributed by atoms with Crippen molar-refractivity contribution in [1.82, 2.24) is 4.98 Å². The molecule has 6 heteroatoms. The van der Waals surface area contributed by atoms with Crippen molar-refractivity contribution in [2.24, 2.45) is 0 Å². The second kappa shape index (κ2) is 7.92. The minimum absolute atomic E-state index is 0.0254. The SMILES string of the molecule is [2H]C(=C1C(=O)c2cc3ccccc3cc2C1=O)c1ccc(N2c3ccccc3Sc3cccnc32)[se]1. The molecule has 7 rings (SSSR count). The summed E-state index contributed by atoms with van der Waals surface area (Å²) in [4.78, 5) is 35.6. The molecule has 0 bridgehead atoms. The van der Waals surface area contributed by atoms with Crippen molar-refractivity contribution in [2.75, 3.05) is 4.90 Å². The number of hydrogen-bond donors (Lipinski definition) is 0. The van der Waals surface area contributed by atoms with Crippen LogP contribution in [0.4, 0.5) is 16.1 Å². The Balaban J connectivity index is 1.33. The summed E-state index contributed by atoms with van der Waals surface area (Å²) in [5.41, 5.74) is 1.79. The van der Waals surface area contributed by atoms with Crippen LogP contribution in [0.5, 0.6) is 0 Å². The summed E-state index contributed by atoms with van der Waals surface area (Å²) in [6, 6.07) is 27.3. The molecule has 1 aliphatic heterocycles. The third-order valence-electron chi connectivity index (χ3n) is 6.18. The Labute approximate surface area is 213 Å². The van der Waals surface area contributed by atoms with Crippen LogP contribution in [0, 0.1) is 0 Å². The van der Waals surface area contributed by atoms with Gasteiger partial charge in [-0.15, -0.1) is 0 Å². The summed E-state index contributed by atoms with van der Waals surface area (Å²) < 4.78 is 10.6. The first-order valence-electron chi connectivity index (χ1n) is 11.6. The zero-order valence-electron chi connectivity index (χ0n) is 19.2. The number of anilines is 3. The van der Waals surface area contributed by atoms with E-state index in [0.29, 0.717) is 15.6 Å². The fraction of sp³-hybridized carbons (Fsp3) is 0. The van der Waals surface area contributed by atoms with Crippen molar-refractivity contribution in [1.29, 1.82) is 0 Å². The zero-order valence-corrected chi connectivity index (χ0v) is 20.7. The number of Topliss-reactive ketones (excluding diaryl/α,β-unsaturated/α-hetero) is 2. The molecule has 4 nitrogen and oxygen atoms in total. The molecule has 166 valence electrons. The zero-order chi connectivity index (χ0) is 24.4. The number of fused-ring (bicyclic) bond motifs is 4. The number of carbonyl (C=O) groups is 2. The van der Waals surface area contributed by atoms with E-state index in [0.717, 1.165) is 36.6 Å². The van der Waals surface area contributed by atoms with Crippen molar-refractivity contribution < 1.29 is 11.0 Å². The predicted molar refractivity (Wildman–Crippen MR) is 141 cm³/mol. The molecule has 0 radical (unpaired) electrons. The third-order valence-corrected chi connectivity index (χ3v) is 9.35. The molecule has 0 unspecified atom stereocenters. The second-order valence-electron chi connectivity index (χ2n) is 8.27. The van der Waals surface area contributed by atoms with E-state index in [1.807, 2.05) is 54.6 Å². The number of ketones is 2. The van der Waals surface area contributed by atoms with Gasteiger partial charge in [-0.3, -0.25) is 0 Å². The summed E-state index contributed by atoms with van der Waals surface area (Å²) in [7, 11) is 0. The van der Waals surface area contributed by atoms with Crippen LogP contribution in [-0.4, -0.2) is 31.1 Å². The van der Waals surface area contributed by atoms with Crippen LogP contribution in [0.25, 0.3) is 16.8 Å². The Morgan fingerprint density at radius 1 is 0.829 bits per heavy atom. The predicted octanol–water partition coefficient (Wildman–Crippen LogP) is 6.69. The molecule has 0 spiro atoms. The molecule has 0 atom stereocenters. The van der Waals surface area contributed by atoms with Gasteiger partial charge < -0.3 is 0 Å². The number of benzene rings is 3. The van der Waals surface area contributed by atoms with Crippen molar-refractivity contribution in [3.05, 3.63) is 112 Å². The number of hydrogen-bond acceptors (Lipinski definition) is 5. The Kier molecular flexibility index (Phi) is 4.43. The molecule has 1 aliphatic carbocycles. The molecule has 0 amide bonds. The first-order valence-corrected chi connectivity index (χ1v) is 13.6.